The normalized spacial score (nSPS) is 19.6. The molecule has 1 saturated heterocycles. The number of carbonyl (C=O) groups is 1. The fourth-order valence-electron chi connectivity index (χ4n) is 2.85. The van der Waals surface area contributed by atoms with Crippen molar-refractivity contribution in [3.05, 3.63) is 53.0 Å². The summed E-state index contributed by atoms with van der Waals surface area (Å²) in [5.74, 6) is 0.710. The molecule has 0 saturated carbocycles. The van der Waals surface area contributed by atoms with Gasteiger partial charge in [0.2, 0.25) is 0 Å². The summed E-state index contributed by atoms with van der Waals surface area (Å²) in [5.41, 5.74) is 2.13. The fraction of sp³-hybridized carbons (Fsp3) is 0.375. The van der Waals surface area contributed by atoms with Gasteiger partial charge < -0.3 is 4.90 Å². The highest BCUT2D eigenvalue weighted by molar-refractivity contribution is 7.03. The van der Waals surface area contributed by atoms with Gasteiger partial charge in [-0.1, -0.05) is 30.3 Å². The Morgan fingerprint density at radius 3 is 2.80 bits per heavy atom. The Labute approximate surface area is 123 Å². The molecule has 1 aliphatic rings. The molecule has 1 aromatic heterocycles. The van der Waals surface area contributed by atoms with E-state index in [-0.39, 0.29) is 5.91 Å². The molecule has 2 heterocycles. The molecule has 0 spiro atoms. The first kappa shape index (κ1) is 13.3. The smallest absolute Gasteiger partial charge is 0.256 e. The van der Waals surface area contributed by atoms with Crippen LogP contribution in [-0.4, -0.2) is 28.3 Å². The van der Waals surface area contributed by atoms with Gasteiger partial charge in [0.1, 0.15) is 0 Å². The summed E-state index contributed by atoms with van der Waals surface area (Å²) in [6.07, 6.45) is 4.96. The van der Waals surface area contributed by atoms with E-state index in [4.69, 9.17) is 0 Å². The minimum Gasteiger partial charge on any atom is -0.339 e. The number of rotatable bonds is 2. The quantitative estimate of drug-likeness (QED) is 0.846. The third-order valence-electron chi connectivity index (χ3n) is 3.97. The Balaban J connectivity index is 1.67. The predicted octanol–water partition coefficient (Wildman–Crippen LogP) is 3.55. The summed E-state index contributed by atoms with van der Waals surface area (Å²) < 4.78 is 4.02. The molecule has 1 unspecified atom stereocenters. The van der Waals surface area contributed by atoms with Crippen molar-refractivity contribution in [3.8, 4) is 0 Å². The fourth-order valence-corrected chi connectivity index (χ4v) is 3.36. The summed E-state index contributed by atoms with van der Waals surface area (Å²) >= 11 is 1.34. The predicted molar refractivity (Wildman–Crippen MR) is 81.1 cm³/mol. The molecular formula is C16H18N2OS. The molecule has 0 N–H and O–H groups in total. The molecule has 3 rings (SSSR count). The van der Waals surface area contributed by atoms with Crippen LogP contribution in [0.15, 0.2) is 41.9 Å². The Kier molecular flexibility index (Phi) is 4.11. The van der Waals surface area contributed by atoms with Crippen LogP contribution in [0.2, 0.25) is 0 Å². The second kappa shape index (κ2) is 6.18. The number of aromatic nitrogens is 1. The first-order valence-corrected chi connectivity index (χ1v) is 7.92. The van der Waals surface area contributed by atoms with E-state index in [1.807, 2.05) is 10.3 Å². The van der Waals surface area contributed by atoms with Crippen molar-refractivity contribution >= 4 is 17.4 Å². The van der Waals surface area contributed by atoms with Crippen molar-refractivity contribution in [1.82, 2.24) is 9.27 Å². The third-order valence-corrected chi connectivity index (χ3v) is 4.55. The van der Waals surface area contributed by atoms with E-state index in [0.717, 1.165) is 37.9 Å². The lowest BCUT2D eigenvalue weighted by Gasteiger charge is -2.20. The zero-order valence-electron chi connectivity index (χ0n) is 11.4. The molecule has 0 bridgehead atoms. The molecule has 0 aliphatic carbocycles. The van der Waals surface area contributed by atoms with Crippen LogP contribution in [0.25, 0.3) is 0 Å². The van der Waals surface area contributed by atoms with E-state index in [1.54, 1.807) is 6.20 Å². The topological polar surface area (TPSA) is 33.2 Å². The summed E-state index contributed by atoms with van der Waals surface area (Å²) in [7, 11) is 0. The van der Waals surface area contributed by atoms with Crippen LogP contribution in [0.5, 0.6) is 0 Å². The van der Waals surface area contributed by atoms with Gasteiger partial charge in [-0.15, -0.1) is 0 Å². The standard InChI is InChI=1S/C16H18N2OS/c19-16(15-11-17-20-12-15)18-9-4-7-14(8-10-18)13-5-2-1-3-6-13/h1-3,5-6,11-12,14H,4,7-10H2. The molecule has 104 valence electrons. The summed E-state index contributed by atoms with van der Waals surface area (Å²) in [6, 6.07) is 10.6. The molecule has 1 atom stereocenters. The highest BCUT2D eigenvalue weighted by Crippen LogP contribution is 2.28. The molecule has 20 heavy (non-hydrogen) atoms. The molecule has 1 aliphatic heterocycles. The number of likely N-dealkylation sites (tertiary alicyclic amines) is 1. The highest BCUT2D eigenvalue weighted by Gasteiger charge is 2.22. The zero-order chi connectivity index (χ0) is 13.8. The first-order chi connectivity index (χ1) is 9.84. The van der Waals surface area contributed by atoms with Gasteiger partial charge in [-0.3, -0.25) is 4.79 Å². The minimum atomic E-state index is 0.132. The maximum Gasteiger partial charge on any atom is 0.256 e. The van der Waals surface area contributed by atoms with Crippen LogP contribution >= 0.6 is 11.5 Å². The average molecular weight is 286 g/mol. The summed E-state index contributed by atoms with van der Waals surface area (Å²) in [5, 5.41) is 1.84. The van der Waals surface area contributed by atoms with E-state index in [2.05, 4.69) is 34.7 Å². The van der Waals surface area contributed by atoms with E-state index in [1.165, 1.54) is 17.1 Å². The molecule has 1 amide bonds. The zero-order valence-corrected chi connectivity index (χ0v) is 12.2. The van der Waals surface area contributed by atoms with E-state index >= 15 is 0 Å². The minimum absolute atomic E-state index is 0.132. The lowest BCUT2D eigenvalue weighted by molar-refractivity contribution is 0.0761. The van der Waals surface area contributed by atoms with E-state index in [9.17, 15) is 4.79 Å². The van der Waals surface area contributed by atoms with E-state index < -0.39 is 0 Å². The second-order valence-electron chi connectivity index (χ2n) is 5.24. The van der Waals surface area contributed by atoms with Crippen molar-refractivity contribution in [2.75, 3.05) is 13.1 Å². The monoisotopic (exact) mass is 286 g/mol. The van der Waals surface area contributed by atoms with Gasteiger partial charge in [-0.2, -0.15) is 0 Å². The number of nitrogens with zero attached hydrogens (tertiary/aromatic N) is 2. The van der Waals surface area contributed by atoms with Gasteiger partial charge in [0.15, 0.2) is 0 Å². The molecule has 4 heteroatoms. The largest absolute Gasteiger partial charge is 0.339 e. The van der Waals surface area contributed by atoms with Crippen LogP contribution < -0.4 is 0 Å². The molecule has 0 radical (unpaired) electrons. The Morgan fingerprint density at radius 1 is 1.20 bits per heavy atom. The van der Waals surface area contributed by atoms with Crippen LogP contribution in [0.1, 0.15) is 41.1 Å². The molecule has 1 aromatic carbocycles. The van der Waals surface area contributed by atoms with Crippen molar-refractivity contribution in [2.24, 2.45) is 0 Å². The second-order valence-corrected chi connectivity index (χ2v) is 5.90. The third kappa shape index (κ3) is 2.90. The first-order valence-electron chi connectivity index (χ1n) is 7.08. The highest BCUT2D eigenvalue weighted by atomic mass is 32.1. The maximum absolute atomic E-state index is 12.3. The molecule has 1 fully saturated rings. The SMILES string of the molecule is O=C(c1cnsc1)N1CCCC(c2ccccc2)CC1. The van der Waals surface area contributed by atoms with Crippen LogP contribution in [-0.2, 0) is 0 Å². The van der Waals surface area contributed by atoms with Gasteiger partial charge in [-0.05, 0) is 42.3 Å². The van der Waals surface area contributed by atoms with Gasteiger partial charge in [0.05, 0.1) is 11.8 Å². The van der Waals surface area contributed by atoms with Crippen molar-refractivity contribution in [2.45, 2.75) is 25.2 Å². The summed E-state index contributed by atoms with van der Waals surface area (Å²) in [6.45, 7) is 1.70. The Bertz CT molecular complexity index is 553. The van der Waals surface area contributed by atoms with Crippen molar-refractivity contribution in [1.29, 1.82) is 0 Å². The Morgan fingerprint density at radius 2 is 2.05 bits per heavy atom. The van der Waals surface area contributed by atoms with Crippen molar-refractivity contribution < 1.29 is 4.79 Å². The molecular weight excluding hydrogens is 268 g/mol. The lowest BCUT2D eigenvalue weighted by atomic mass is 9.92. The number of carbonyl (C=O) groups excluding carboxylic acids is 1. The van der Waals surface area contributed by atoms with E-state index in [0.29, 0.717) is 5.92 Å². The molecule has 3 nitrogen and oxygen atoms in total. The van der Waals surface area contributed by atoms with Gasteiger partial charge >= 0.3 is 0 Å². The number of amides is 1. The van der Waals surface area contributed by atoms with Gasteiger partial charge in [-0.25, -0.2) is 4.37 Å². The summed E-state index contributed by atoms with van der Waals surface area (Å²) in [4.78, 5) is 14.3. The van der Waals surface area contributed by atoms with Gasteiger partial charge in [0, 0.05) is 18.5 Å². The van der Waals surface area contributed by atoms with Crippen LogP contribution in [0.4, 0.5) is 0 Å². The number of benzene rings is 1. The van der Waals surface area contributed by atoms with Gasteiger partial charge in [0.25, 0.3) is 5.91 Å². The maximum atomic E-state index is 12.3. The lowest BCUT2D eigenvalue weighted by Crippen LogP contribution is -2.31. The molecule has 2 aromatic rings. The van der Waals surface area contributed by atoms with Crippen molar-refractivity contribution in [3.63, 3.8) is 0 Å². The number of hydrogen-bond acceptors (Lipinski definition) is 3. The Hall–Kier alpha value is -1.68. The van der Waals surface area contributed by atoms with Crippen LogP contribution in [0, 0.1) is 0 Å². The number of hydrogen-bond donors (Lipinski definition) is 0. The van der Waals surface area contributed by atoms with Crippen LogP contribution in [0.3, 0.4) is 0 Å². The average Bonchev–Trinajstić information content (AvgIpc) is 2.92.